The Labute approximate surface area is 180 Å². The molecule has 5 nitrogen and oxygen atoms in total. The van der Waals surface area contributed by atoms with E-state index in [2.05, 4.69) is 39.5 Å². The highest BCUT2D eigenvalue weighted by Crippen LogP contribution is 2.18. The number of aliphatic hydroxyl groups excluding tert-OH is 1. The Morgan fingerprint density at radius 3 is 2.33 bits per heavy atom. The Balaban J connectivity index is 0.00000261. The van der Waals surface area contributed by atoms with Gasteiger partial charge in [0.1, 0.15) is 0 Å². The fraction of sp³-hybridized carbons (Fsp3) is 0.667. The van der Waals surface area contributed by atoms with E-state index in [-0.39, 0.29) is 30.1 Å². The molecule has 1 saturated heterocycles. The number of piperidine rings is 1. The summed E-state index contributed by atoms with van der Waals surface area (Å²) in [7, 11) is 0. The average molecular weight is 486 g/mol. The van der Waals surface area contributed by atoms with Crippen molar-refractivity contribution in [1.29, 1.82) is 0 Å². The van der Waals surface area contributed by atoms with E-state index in [1.54, 1.807) is 0 Å². The number of benzene rings is 1. The van der Waals surface area contributed by atoms with Crippen molar-refractivity contribution in [3.05, 3.63) is 35.4 Å². The number of hydrogen-bond acceptors (Lipinski definition) is 3. The number of nitrogens with two attached hydrogens (primary N) is 1. The summed E-state index contributed by atoms with van der Waals surface area (Å²) in [6, 6.07) is 8.98. The summed E-state index contributed by atoms with van der Waals surface area (Å²) in [6.07, 6.45) is 9.29. The van der Waals surface area contributed by atoms with Crippen molar-refractivity contribution < 1.29 is 5.11 Å². The lowest BCUT2D eigenvalue weighted by Gasteiger charge is -2.30. The number of nitrogens with zero attached hydrogens (tertiary/aromatic N) is 2. The molecule has 0 atom stereocenters. The van der Waals surface area contributed by atoms with Gasteiger partial charge in [0.05, 0.1) is 12.6 Å². The van der Waals surface area contributed by atoms with E-state index in [0.29, 0.717) is 18.5 Å². The highest BCUT2D eigenvalue weighted by Gasteiger charge is 2.18. The predicted octanol–water partition coefficient (Wildman–Crippen LogP) is 3.39. The van der Waals surface area contributed by atoms with Crippen LogP contribution in [-0.2, 0) is 13.1 Å². The van der Waals surface area contributed by atoms with Gasteiger partial charge in [0.15, 0.2) is 5.96 Å². The molecule has 0 unspecified atom stereocenters. The maximum absolute atomic E-state index is 9.68. The van der Waals surface area contributed by atoms with Gasteiger partial charge in [0.2, 0.25) is 0 Å². The standard InChI is InChI=1S/C21H34N4O.HI/c22-21(24-19-9-3-1-2-4-10-19)23-15-17-7-5-6-8-18(17)16-25-13-11-20(26)12-14-25;/h5-8,19-20,26H,1-4,9-16H2,(H3,22,23,24);1H. The molecule has 1 aromatic carbocycles. The maximum atomic E-state index is 9.68. The zero-order chi connectivity index (χ0) is 18.2. The number of halogens is 1. The summed E-state index contributed by atoms with van der Waals surface area (Å²) in [6.45, 7) is 3.47. The first-order valence-corrected chi connectivity index (χ1v) is 10.2. The lowest BCUT2D eigenvalue weighted by atomic mass is 10.0. The second kappa shape index (κ2) is 11.9. The summed E-state index contributed by atoms with van der Waals surface area (Å²) >= 11 is 0. The second-order valence-corrected chi connectivity index (χ2v) is 7.81. The van der Waals surface area contributed by atoms with E-state index in [1.807, 2.05) is 0 Å². The molecule has 2 fully saturated rings. The lowest BCUT2D eigenvalue weighted by Crippen LogP contribution is -2.39. The minimum absolute atomic E-state index is 0. The largest absolute Gasteiger partial charge is 0.393 e. The molecule has 1 aliphatic heterocycles. The van der Waals surface area contributed by atoms with Crippen molar-refractivity contribution in [3.63, 3.8) is 0 Å². The molecule has 4 N–H and O–H groups in total. The summed E-state index contributed by atoms with van der Waals surface area (Å²) < 4.78 is 0. The van der Waals surface area contributed by atoms with Crippen LogP contribution in [0, 0.1) is 0 Å². The van der Waals surface area contributed by atoms with E-state index in [0.717, 1.165) is 32.5 Å². The molecule has 0 radical (unpaired) electrons. The molecule has 3 rings (SSSR count). The van der Waals surface area contributed by atoms with Gasteiger partial charge in [0.25, 0.3) is 0 Å². The fourth-order valence-corrected chi connectivity index (χ4v) is 4.03. The smallest absolute Gasteiger partial charge is 0.189 e. The van der Waals surface area contributed by atoms with Crippen molar-refractivity contribution in [1.82, 2.24) is 10.2 Å². The first kappa shape index (κ1) is 22.4. The van der Waals surface area contributed by atoms with Crippen LogP contribution in [0.2, 0.25) is 0 Å². The van der Waals surface area contributed by atoms with Crippen LogP contribution < -0.4 is 11.1 Å². The molecule has 1 heterocycles. The molecule has 6 heteroatoms. The van der Waals surface area contributed by atoms with Gasteiger partial charge in [-0.2, -0.15) is 0 Å². The van der Waals surface area contributed by atoms with Gasteiger partial charge in [0, 0.05) is 25.7 Å². The molecule has 27 heavy (non-hydrogen) atoms. The van der Waals surface area contributed by atoms with Gasteiger partial charge in [-0.1, -0.05) is 49.9 Å². The van der Waals surface area contributed by atoms with Crippen LogP contribution in [0.3, 0.4) is 0 Å². The predicted molar refractivity (Wildman–Crippen MR) is 122 cm³/mol. The summed E-state index contributed by atoms with van der Waals surface area (Å²) in [5.41, 5.74) is 8.71. The van der Waals surface area contributed by atoms with Crippen molar-refractivity contribution in [2.45, 2.75) is 76.6 Å². The number of hydrogen-bond donors (Lipinski definition) is 3. The van der Waals surface area contributed by atoms with Gasteiger partial charge >= 0.3 is 0 Å². The monoisotopic (exact) mass is 486 g/mol. The zero-order valence-electron chi connectivity index (χ0n) is 16.3. The highest BCUT2D eigenvalue weighted by molar-refractivity contribution is 14.0. The van der Waals surface area contributed by atoms with E-state index < -0.39 is 0 Å². The quantitative estimate of drug-likeness (QED) is 0.258. The van der Waals surface area contributed by atoms with Crippen LogP contribution in [0.1, 0.15) is 62.5 Å². The maximum Gasteiger partial charge on any atom is 0.189 e. The van der Waals surface area contributed by atoms with Gasteiger partial charge in [-0.15, -0.1) is 24.0 Å². The van der Waals surface area contributed by atoms with Crippen molar-refractivity contribution in [2.75, 3.05) is 13.1 Å². The molecule has 0 amide bonds. The first-order chi connectivity index (χ1) is 12.7. The molecule has 1 aromatic rings. The third-order valence-electron chi connectivity index (χ3n) is 5.70. The van der Waals surface area contributed by atoms with Gasteiger partial charge in [-0.3, -0.25) is 4.90 Å². The molecule has 152 valence electrons. The number of nitrogens with one attached hydrogen (secondary N) is 1. The Morgan fingerprint density at radius 1 is 1.04 bits per heavy atom. The second-order valence-electron chi connectivity index (χ2n) is 7.81. The summed E-state index contributed by atoms with van der Waals surface area (Å²) in [4.78, 5) is 7.03. The SMILES string of the molecule is I.NC(=NCc1ccccc1CN1CCC(O)CC1)NC1CCCCCC1. The number of guanidine groups is 1. The number of rotatable bonds is 5. The van der Waals surface area contributed by atoms with Crippen LogP contribution in [0.4, 0.5) is 0 Å². The number of aliphatic imine (C=N–C) groups is 1. The third kappa shape index (κ3) is 7.58. The van der Waals surface area contributed by atoms with Crippen LogP contribution in [0.25, 0.3) is 0 Å². The topological polar surface area (TPSA) is 73.9 Å². The minimum Gasteiger partial charge on any atom is -0.393 e. The molecule has 0 spiro atoms. The van der Waals surface area contributed by atoms with Crippen molar-refractivity contribution >= 4 is 29.9 Å². The van der Waals surface area contributed by atoms with Gasteiger partial charge in [-0.05, 0) is 36.8 Å². The number of aliphatic hydroxyl groups is 1. The molecular weight excluding hydrogens is 451 g/mol. The van der Waals surface area contributed by atoms with E-state index in [4.69, 9.17) is 5.73 Å². The van der Waals surface area contributed by atoms with Crippen LogP contribution >= 0.6 is 24.0 Å². The Bertz CT molecular complexity index is 579. The van der Waals surface area contributed by atoms with Crippen LogP contribution in [0.15, 0.2) is 29.3 Å². The minimum atomic E-state index is -0.124. The van der Waals surface area contributed by atoms with E-state index in [1.165, 1.54) is 49.7 Å². The normalized spacial score (nSPS) is 20.7. The van der Waals surface area contributed by atoms with E-state index >= 15 is 0 Å². The number of likely N-dealkylation sites (tertiary alicyclic amines) is 1. The summed E-state index contributed by atoms with van der Waals surface area (Å²) in [5, 5.41) is 13.1. The van der Waals surface area contributed by atoms with Crippen LogP contribution in [-0.4, -0.2) is 41.2 Å². The van der Waals surface area contributed by atoms with Crippen molar-refractivity contribution in [3.8, 4) is 0 Å². The highest BCUT2D eigenvalue weighted by atomic mass is 127. The van der Waals surface area contributed by atoms with Crippen LogP contribution in [0.5, 0.6) is 0 Å². The Morgan fingerprint density at radius 2 is 1.67 bits per heavy atom. The van der Waals surface area contributed by atoms with Gasteiger partial charge < -0.3 is 16.2 Å². The summed E-state index contributed by atoms with van der Waals surface area (Å²) in [5.74, 6) is 0.577. The average Bonchev–Trinajstić information content (AvgIpc) is 2.91. The first-order valence-electron chi connectivity index (χ1n) is 10.2. The molecule has 2 aliphatic rings. The molecule has 1 saturated carbocycles. The molecule has 0 bridgehead atoms. The fourth-order valence-electron chi connectivity index (χ4n) is 4.03. The zero-order valence-corrected chi connectivity index (χ0v) is 18.6. The molecule has 1 aliphatic carbocycles. The Kier molecular flexibility index (Phi) is 9.86. The van der Waals surface area contributed by atoms with E-state index in [9.17, 15) is 5.11 Å². The third-order valence-corrected chi connectivity index (χ3v) is 5.70. The van der Waals surface area contributed by atoms with Crippen molar-refractivity contribution in [2.24, 2.45) is 10.7 Å². The van der Waals surface area contributed by atoms with Gasteiger partial charge in [-0.25, -0.2) is 4.99 Å². The Hall–Kier alpha value is -0.860. The molecular formula is C21H35IN4O. The molecule has 0 aromatic heterocycles. The lowest BCUT2D eigenvalue weighted by molar-refractivity contribution is 0.0791.